The van der Waals surface area contributed by atoms with E-state index in [2.05, 4.69) is 5.32 Å². The zero-order valence-corrected chi connectivity index (χ0v) is 18.0. The lowest BCUT2D eigenvalue weighted by Gasteiger charge is -2.35. The second-order valence-electron chi connectivity index (χ2n) is 6.70. The highest BCUT2D eigenvalue weighted by Crippen LogP contribution is 2.36. The van der Waals surface area contributed by atoms with E-state index in [0.717, 1.165) is 0 Å². The summed E-state index contributed by atoms with van der Waals surface area (Å²) in [5.41, 5.74) is 1.32. The van der Waals surface area contributed by atoms with Gasteiger partial charge in [-0.3, -0.25) is 4.90 Å². The van der Waals surface area contributed by atoms with Crippen LogP contribution in [0, 0.1) is 0 Å². The number of carbonyl (C=O) groups excluding carboxylic acids is 2. The maximum atomic E-state index is 13.0. The summed E-state index contributed by atoms with van der Waals surface area (Å²) in [6.45, 7) is 1.88. The minimum Gasteiger partial charge on any atom is -0.496 e. The van der Waals surface area contributed by atoms with Crippen LogP contribution in [0.15, 0.2) is 59.8 Å². The van der Waals surface area contributed by atoms with E-state index < -0.39 is 12.0 Å². The van der Waals surface area contributed by atoms with Gasteiger partial charge in [0, 0.05) is 12.6 Å². The van der Waals surface area contributed by atoms with Crippen molar-refractivity contribution < 1.29 is 28.5 Å². The van der Waals surface area contributed by atoms with Crippen molar-refractivity contribution >= 4 is 12.0 Å². The van der Waals surface area contributed by atoms with Crippen molar-refractivity contribution in [2.24, 2.45) is 0 Å². The molecule has 31 heavy (non-hydrogen) atoms. The smallest absolute Gasteiger partial charge is 0.338 e. The van der Waals surface area contributed by atoms with Crippen molar-refractivity contribution in [3.63, 3.8) is 0 Å². The summed E-state index contributed by atoms with van der Waals surface area (Å²) in [4.78, 5) is 27.1. The van der Waals surface area contributed by atoms with Crippen LogP contribution in [0.3, 0.4) is 0 Å². The van der Waals surface area contributed by atoms with Gasteiger partial charge in [0.1, 0.15) is 12.4 Å². The number of urea groups is 1. The van der Waals surface area contributed by atoms with Crippen molar-refractivity contribution in [3.8, 4) is 17.2 Å². The molecule has 2 amide bonds. The average molecular weight is 426 g/mol. The van der Waals surface area contributed by atoms with E-state index in [9.17, 15) is 9.59 Å². The molecule has 1 aliphatic rings. The quantitative estimate of drug-likeness (QED) is 0.652. The van der Waals surface area contributed by atoms with Gasteiger partial charge in [0.2, 0.25) is 0 Å². The van der Waals surface area contributed by atoms with Crippen LogP contribution in [0.1, 0.15) is 18.5 Å². The summed E-state index contributed by atoms with van der Waals surface area (Å²) in [6.07, 6.45) is 0. The lowest BCUT2D eigenvalue weighted by atomic mass is 9.94. The van der Waals surface area contributed by atoms with E-state index in [4.69, 9.17) is 18.9 Å². The number of benzene rings is 2. The number of para-hydroxylation sites is 3. The third-order valence-corrected chi connectivity index (χ3v) is 4.96. The van der Waals surface area contributed by atoms with E-state index in [1.54, 1.807) is 45.3 Å². The molecule has 0 aliphatic carbocycles. The summed E-state index contributed by atoms with van der Waals surface area (Å²) < 4.78 is 22.0. The Morgan fingerprint density at radius 2 is 1.61 bits per heavy atom. The molecule has 1 aliphatic heterocycles. The number of methoxy groups -OCH3 is 2. The number of hydrogen-bond acceptors (Lipinski definition) is 6. The van der Waals surface area contributed by atoms with E-state index in [1.807, 2.05) is 24.3 Å². The van der Waals surface area contributed by atoms with Crippen LogP contribution in [0.4, 0.5) is 4.79 Å². The zero-order chi connectivity index (χ0) is 22.4. The highest BCUT2D eigenvalue weighted by Gasteiger charge is 2.38. The zero-order valence-electron chi connectivity index (χ0n) is 18.0. The summed E-state index contributed by atoms with van der Waals surface area (Å²) in [7, 11) is 4.66. The predicted octanol–water partition coefficient (Wildman–Crippen LogP) is 3.30. The third kappa shape index (κ3) is 4.58. The topological polar surface area (TPSA) is 86.3 Å². The number of carbonyl (C=O) groups is 2. The molecule has 0 saturated heterocycles. The number of nitrogens with one attached hydrogen (secondary N) is 1. The first-order valence-corrected chi connectivity index (χ1v) is 9.84. The van der Waals surface area contributed by atoms with Crippen molar-refractivity contribution in [1.29, 1.82) is 0 Å². The molecule has 0 spiro atoms. The van der Waals surface area contributed by atoms with Crippen LogP contribution in [0.25, 0.3) is 0 Å². The molecule has 1 N–H and O–H groups in total. The number of nitrogens with zero attached hydrogens (tertiary/aromatic N) is 1. The minimum atomic E-state index is -0.754. The highest BCUT2D eigenvalue weighted by atomic mass is 16.5. The molecule has 3 rings (SSSR count). The first-order valence-electron chi connectivity index (χ1n) is 9.84. The molecule has 2 aromatic rings. The number of likely N-dealkylation sites (N-methyl/N-ethyl adjacent to an activating group) is 1. The van der Waals surface area contributed by atoms with Crippen LogP contribution in [-0.4, -0.2) is 51.4 Å². The Balaban J connectivity index is 2.08. The van der Waals surface area contributed by atoms with Crippen molar-refractivity contribution in [2.75, 3.05) is 34.5 Å². The maximum absolute atomic E-state index is 13.0. The van der Waals surface area contributed by atoms with E-state index in [1.165, 1.54) is 12.0 Å². The molecule has 8 nitrogen and oxygen atoms in total. The molecule has 8 heteroatoms. The molecule has 164 valence electrons. The Morgan fingerprint density at radius 1 is 1.00 bits per heavy atom. The van der Waals surface area contributed by atoms with Crippen molar-refractivity contribution in [2.45, 2.75) is 13.0 Å². The van der Waals surface area contributed by atoms with Crippen molar-refractivity contribution in [3.05, 3.63) is 65.4 Å². The molecule has 1 atom stereocenters. The Kier molecular flexibility index (Phi) is 7.02. The van der Waals surface area contributed by atoms with Crippen LogP contribution in [-0.2, 0) is 9.53 Å². The Morgan fingerprint density at radius 3 is 2.26 bits per heavy atom. The summed E-state index contributed by atoms with van der Waals surface area (Å²) in [5.74, 6) is 1.05. The van der Waals surface area contributed by atoms with Crippen LogP contribution in [0.2, 0.25) is 0 Å². The third-order valence-electron chi connectivity index (χ3n) is 4.96. The normalized spacial score (nSPS) is 15.9. The van der Waals surface area contributed by atoms with Gasteiger partial charge in [0.05, 0.1) is 38.1 Å². The first-order chi connectivity index (χ1) is 15.0. The second-order valence-corrected chi connectivity index (χ2v) is 6.70. The van der Waals surface area contributed by atoms with Crippen molar-refractivity contribution in [1.82, 2.24) is 10.2 Å². The van der Waals surface area contributed by atoms with Gasteiger partial charge in [-0.25, -0.2) is 9.59 Å². The van der Waals surface area contributed by atoms with E-state index >= 15 is 0 Å². The van der Waals surface area contributed by atoms with Gasteiger partial charge in [-0.15, -0.1) is 0 Å². The van der Waals surface area contributed by atoms with Gasteiger partial charge in [-0.05, 0) is 25.1 Å². The highest BCUT2D eigenvalue weighted by molar-refractivity contribution is 5.95. The summed E-state index contributed by atoms with van der Waals surface area (Å²) in [5, 5.41) is 2.87. The Bertz CT molecular complexity index is 988. The summed E-state index contributed by atoms with van der Waals surface area (Å²) in [6, 6.07) is 13.2. The fraction of sp³-hybridized carbons (Fsp3) is 0.304. The number of rotatable bonds is 8. The van der Waals surface area contributed by atoms with E-state index in [-0.39, 0.29) is 24.8 Å². The predicted molar refractivity (Wildman–Crippen MR) is 114 cm³/mol. The molecular weight excluding hydrogens is 400 g/mol. The van der Waals surface area contributed by atoms with Gasteiger partial charge in [-0.2, -0.15) is 0 Å². The fourth-order valence-electron chi connectivity index (χ4n) is 3.40. The molecule has 0 unspecified atom stereocenters. The number of esters is 1. The standard InChI is InChI=1S/C23H26N2O6/c1-5-30-22(26)20-16(14-31-19-13-9-8-12-18(19)29-4)25(2)23(27)24-21(20)15-10-6-7-11-17(15)28-3/h6-13,21H,5,14H2,1-4H3,(H,24,27)/t21-/m0/s1. The molecule has 1 heterocycles. The van der Waals surface area contributed by atoms with Crippen LogP contribution in [0.5, 0.6) is 17.2 Å². The van der Waals surface area contributed by atoms with Gasteiger partial charge >= 0.3 is 12.0 Å². The fourth-order valence-corrected chi connectivity index (χ4v) is 3.40. The number of hydrogen-bond donors (Lipinski definition) is 1. The number of ether oxygens (including phenoxy) is 4. The van der Waals surface area contributed by atoms with Gasteiger partial charge in [-0.1, -0.05) is 30.3 Å². The molecule has 0 aromatic heterocycles. The molecule has 0 saturated carbocycles. The van der Waals surface area contributed by atoms with Gasteiger partial charge < -0.3 is 24.3 Å². The second kappa shape index (κ2) is 9.88. The van der Waals surface area contributed by atoms with Crippen LogP contribution < -0.4 is 19.5 Å². The Hall–Kier alpha value is -3.68. The monoisotopic (exact) mass is 426 g/mol. The van der Waals surface area contributed by atoms with Gasteiger partial charge in [0.25, 0.3) is 0 Å². The van der Waals surface area contributed by atoms with E-state index in [0.29, 0.717) is 28.5 Å². The van der Waals surface area contributed by atoms with Gasteiger partial charge in [0.15, 0.2) is 11.5 Å². The molecular formula is C23H26N2O6. The molecule has 2 aromatic carbocycles. The Labute approximate surface area is 181 Å². The average Bonchev–Trinajstić information content (AvgIpc) is 2.79. The lowest BCUT2D eigenvalue weighted by Crippen LogP contribution is -2.48. The molecule has 0 bridgehead atoms. The minimum absolute atomic E-state index is 0.0376. The largest absolute Gasteiger partial charge is 0.496 e. The molecule has 0 radical (unpaired) electrons. The van der Waals surface area contributed by atoms with Crippen LogP contribution >= 0.6 is 0 Å². The SMILES string of the molecule is CCOC(=O)C1=C(COc2ccccc2OC)N(C)C(=O)N[C@H]1c1ccccc1OC. The number of amides is 2. The first kappa shape index (κ1) is 22.0. The molecule has 0 fully saturated rings. The summed E-state index contributed by atoms with van der Waals surface area (Å²) >= 11 is 0. The maximum Gasteiger partial charge on any atom is 0.338 e. The lowest BCUT2D eigenvalue weighted by molar-refractivity contribution is -0.139.